The van der Waals surface area contributed by atoms with Gasteiger partial charge in [-0.15, -0.1) is 0 Å². The highest BCUT2D eigenvalue weighted by Crippen LogP contribution is 2.11. The summed E-state index contributed by atoms with van der Waals surface area (Å²) >= 11 is 0. The van der Waals surface area contributed by atoms with E-state index in [1.807, 2.05) is 18.2 Å². The van der Waals surface area contributed by atoms with Gasteiger partial charge < -0.3 is 15.2 Å². The predicted molar refractivity (Wildman–Crippen MR) is 74.8 cm³/mol. The number of nitrogens with one attached hydrogen (secondary N) is 1. The zero-order chi connectivity index (χ0) is 14.2. The summed E-state index contributed by atoms with van der Waals surface area (Å²) in [5, 5.41) is 12.0. The van der Waals surface area contributed by atoms with E-state index < -0.39 is 5.97 Å². The van der Waals surface area contributed by atoms with Gasteiger partial charge in [0.05, 0.1) is 11.3 Å². The average Bonchev–Trinajstić information content (AvgIpc) is 2.48. The molecule has 0 aliphatic heterocycles. The molecule has 2 N–H and O–H groups in total. The zero-order valence-corrected chi connectivity index (χ0v) is 11.0. The number of nitrogens with zero attached hydrogens (tertiary/aromatic N) is 1. The Kier molecular flexibility index (Phi) is 5.08. The first-order valence-electron chi connectivity index (χ1n) is 6.32. The van der Waals surface area contributed by atoms with Crippen LogP contribution in [0.1, 0.15) is 16.1 Å². The molecule has 1 aromatic heterocycles. The highest BCUT2D eigenvalue weighted by Gasteiger charge is 2.01. The molecule has 104 valence electrons. The largest absolute Gasteiger partial charge is 0.492 e. The van der Waals surface area contributed by atoms with Crippen LogP contribution in [0.4, 0.5) is 0 Å². The summed E-state index contributed by atoms with van der Waals surface area (Å²) in [4.78, 5) is 14.9. The SMILES string of the molecule is O=C(O)c1ccc(OCCNCc2ccccn2)cc1. The Morgan fingerprint density at radius 3 is 2.65 bits per heavy atom. The first-order valence-corrected chi connectivity index (χ1v) is 6.32. The fraction of sp³-hybridized carbons (Fsp3) is 0.200. The van der Waals surface area contributed by atoms with Crippen LogP contribution in [0.3, 0.4) is 0 Å². The first kappa shape index (κ1) is 14.0. The zero-order valence-electron chi connectivity index (χ0n) is 11.0. The second-order valence-electron chi connectivity index (χ2n) is 4.18. The number of carboxylic acids is 1. The molecule has 1 heterocycles. The monoisotopic (exact) mass is 272 g/mol. The third-order valence-electron chi connectivity index (χ3n) is 2.68. The fourth-order valence-corrected chi connectivity index (χ4v) is 1.65. The molecular formula is C15H16N2O3. The van der Waals surface area contributed by atoms with E-state index in [4.69, 9.17) is 9.84 Å². The number of carbonyl (C=O) groups is 1. The minimum atomic E-state index is -0.937. The maximum absolute atomic E-state index is 10.7. The van der Waals surface area contributed by atoms with Crippen molar-refractivity contribution in [1.29, 1.82) is 0 Å². The van der Waals surface area contributed by atoms with Crippen LogP contribution >= 0.6 is 0 Å². The van der Waals surface area contributed by atoms with E-state index in [2.05, 4.69) is 10.3 Å². The number of ether oxygens (including phenoxy) is 1. The van der Waals surface area contributed by atoms with Crippen LogP contribution in [0.15, 0.2) is 48.7 Å². The van der Waals surface area contributed by atoms with Gasteiger partial charge in [-0.2, -0.15) is 0 Å². The topological polar surface area (TPSA) is 71.5 Å². The third-order valence-corrected chi connectivity index (χ3v) is 2.68. The smallest absolute Gasteiger partial charge is 0.335 e. The lowest BCUT2D eigenvalue weighted by atomic mass is 10.2. The van der Waals surface area contributed by atoms with Gasteiger partial charge in [-0.1, -0.05) is 6.07 Å². The summed E-state index contributed by atoms with van der Waals surface area (Å²) in [5.41, 5.74) is 1.24. The van der Waals surface area contributed by atoms with E-state index in [9.17, 15) is 4.79 Å². The van der Waals surface area contributed by atoms with E-state index in [-0.39, 0.29) is 5.56 Å². The van der Waals surface area contributed by atoms with Crippen LogP contribution in [-0.2, 0) is 6.54 Å². The molecule has 0 aliphatic carbocycles. The van der Waals surface area contributed by atoms with Gasteiger partial charge in [-0.25, -0.2) is 4.79 Å². The van der Waals surface area contributed by atoms with Crippen LogP contribution in [0, 0.1) is 0 Å². The van der Waals surface area contributed by atoms with E-state index in [1.165, 1.54) is 12.1 Å². The number of rotatable bonds is 7. The van der Waals surface area contributed by atoms with Crippen molar-refractivity contribution in [1.82, 2.24) is 10.3 Å². The molecule has 0 amide bonds. The molecule has 0 saturated heterocycles. The quantitative estimate of drug-likeness (QED) is 0.754. The molecule has 2 aromatic rings. The lowest BCUT2D eigenvalue weighted by Crippen LogP contribution is -2.21. The molecular weight excluding hydrogens is 256 g/mol. The van der Waals surface area contributed by atoms with Gasteiger partial charge in [0.25, 0.3) is 0 Å². The minimum absolute atomic E-state index is 0.255. The Labute approximate surface area is 117 Å². The molecule has 0 spiro atoms. The normalized spacial score (nSPS) is 10.2. The maximum Gasteiger partial charge on any atom is 0.335 e. The lowest BCUT2D eigenvalue weighted by molar-refractivity contribution is 0.0697. The molecule has 5 heteroatoms. The van der Waals surface area contributed by atoms with Crippen LogP contribution < -0.4 is 10.1 Å². The number of hydrogen-bond acceptors (Lipinski definition) is 4. The van der Waals surface area contributed by atoms with Crippen LogP contribution in [0.5, 0.6) is 5.75 Å². The number of carboxylic acid groups (broad SMARTS) is 1. The van der Waals surface area contributed by atoms with Crippen molar-refractivity contribution in [2.24, 2.45) is 0 Å². The molecule has 5 nitrogen and oxygen atoms in total. The average molecular weight is 272 g/mol. The molecule has 1 aromatic carbocycles. The molecule has 0 atom stereocenters. The summed E-state index contributed by atoms with van der Waals surface area (Å²) in [5.74, 6) is -0.275. The molecule has 0 saturated carbocycles. The predicted octanol–water partition coefficient (Wildman–Crippen LogP) is 1.95. The Morgan fingerprint density at radius 1 is 1.20 bits per heavy atom. The van der Waals surface area contributed by atoms with Crippen molar-refractivity contribution < 1.29 is 14.6 Å². The number of aromatic nitrogens is 1. The summed E-state index contributed by atoms with van der Waals surface area (Å²) in [7, 11) is 0. The van der Waals surface area contributed by atoms with Gasteiger partial charge in [-0.05, 0) is 36.4 Å². The van der Waals surface area contributed by atoms with Gasteiger partial charge in [0, 0.05) is 19.3 Å². The Balaban J connectivity index is 1.67. The highest BCUT2D eigenvalue weighted by molar-refractivity contribution is 5.87. The lowest BCUT2D eigenvalue weighted by Gasteiger charge is -2.07. The van der Waals surface area contributed by atoms with Crippen LogP contribution in [0.2, 0.25) is 0 Å². The third kappa shape index (κ3) is 4.37. The summed E-state index contributed by atoms with van der Waals surface area (Å²) in [6.07, 6.45) is 1.76. The van der Waals surface area contributed by atoms with Crippen LogP contribution in [-0.4, -0.2) is 29.2 Å². The number of pyridine rings is 1. The second-order valence-corrected chi connectivity index (χ2v) is 4.18. The standard InChI is InChI=1S/C15H16N2O3/c18-15(19)12-4-6-14(7-5-12)20-10-9-16-11-13-3-1-2-8-17-13/h1-8,16H,9-11H2,(H,18,19). The van der Waals surface area contributed by atoms with Crippen molar-refractivity contribution in [3.05, 3.63) is 59.9 Å². The number of benzene rings is 1. The van der Waals surface area contributed by atoms with Gasteiger partial charge >= 0.3 is 5.97 Å². The van der Waals surface area contributed by atoms with Crippen molar-refractivity contribution in [3.8, 4) is 5.75 Å². The van der Waals surface area contributed by atoms with Gasteiger partial charge in [0.2, 0.25) is 0 Å². The molecule has 0 fully saturated rings. The van der Waals surface area contributed by atoms with Gasteiger partial charge in [-0.3, -0.25) is 4.98 Å². The van der Waals surface area contributed by atoms with E-state index >= 15 is 0 Å². The molecule has 0 radical (unpaired) electrons. The first-order chi connectivity index (χ1) is 9.75. The van der Waals surface area contributed by atoms with Crippen molar-refractivity contribution in [2.45, 2.75) is 6.54 Å². The molecule has 0 aliphatic rings. The molecule has 20 heavy (non-hydrogen) atoms. The van der Waals surface area contributed by atoms with E-state index in [0.29, 0.717) is 25.4 Å². The Bertz CT molecular complexity index is 541. The molecule has 0 bridgehead atoms. The maximum atomic E-state index is 10.7. The summed E-state index contributed by atoms with van der Waals surface area (Å²) < 4.78 is 5.50. The van der Waals surface area contributed by atoms with E-state index in [0.717, 1.165) is 5.69 Å². The Morgan fingerprint density at radius 2 is 2.00 bits per heavy atom. The highest BCUT2D eigenvalue weighted by atomic mass is 16.5. The number of aromatic carboxylic acids is 1. The fourth-order valence-electron chi connectivity index (χ4n) is 1.65. The van der Waals surface area contributed by atoms with Crippen molar-refractivity contribution >= 4 is 5.97 Å². The Hall–Kier alpha value is -2.40. The van der Waals surface area contributed by atoms with Crippen LogP contribution in [0.25, 0.3) is 0 Å². The summed E-state index contributed by atoms with van der Waals surface area (Å²) in [6, 6.07) is 12.2. The van der Waals surface area contributed by atoms with Gasteiger partial charge in [0.15, 0.2) is 0 Å². The molecule has 0 unspecified atom stereocenters. The minimum Gasteiger partial charge on any atom is -0.492 e. The number of hydrogen-bond donors (Lipinski definition) is 2. The summed E-state index contributed by atoms with van der Waals surface area (Å²) in [6.45, 7) is 1.90. The van der Waals surface area contributed by atoms with Crippen molar-refractivity contribution in [3.63, 3.8) is 0 Å². The van der Waals surface area contributed by atoms with E-state index in [1.54, 1.807) is 18.3 Å². The van der Waals surface area contributed by atoms with Gasteiger partial charge in [0.1, 0.15) is 12.4 Å². The second kappa shape index (κ2) is 7.25. The molecule has 2 rings (SSSR count). The van der Waals surface area contributed by atoms with Crippen molar-refractivity contribution in [2.75, 3.05) is 13.2 Å².